The van der Waals surface area contributed by atoms with Crippen molar-refractivity contribution in [1.29, 1.82) is 0 Å². The molecule has 0 fully saturated rings. The van der Waals surface area contributed by atoms with Gasteiger partial charge in [0.25, 0.3) is 0 Å². The van der Waals surface area contributed by atoms with Crippen LogP contribution in [0.5, 0.6) is 17.2 Å². The number of methoxy groups -OCH3 is 2. The van der Waals surface area contributed by atoms with Crippen LogP contribution < -0.4 is 14.2 Å². The second kappa shape index (κ2) is 7.69. The molecule has 2 aliphatic heterocycles. The van der Waals surface area contributed by atoms with Crippen molar-refractivity contribution in [3.05, 3.63) is 87.9 Å². The monoisotopic (exact) mass is 464 g/mol. The highest BCUT2D eigenvalue weighted by atomic mass is 79.9. The number of benzene rings is 3. The van der Waals surface area contributed by atoms with Gasteiger partial charge < -0.3 is 14.2 Å². The fourth-order valence-electron chi connectivity index (χ4n) is 4.00. The van der Waals surface area contributed by atoms with Gasteiger partial charge in [-0.3, -0.25) is 0 Å². The van der Waals surface area contributed by atoms with Crippen LogP contribution in [0.15, 0.2) is 76.3 Å². The predicted molar refractivity (Wildman–Crippen MR) is 119 cm³/mol. The number of ether oxygens (including phenoxy) is 3. The van der Waals surface area contributed by atoms with Gasteiger partial charge in [0.05, 0.1) is 26.0 Å². The molecule has 5 nitrogen and oxygen atoms in total. The molecule has 5 rings (SSSR count). The average Bonchev–Trinajstić information content (AvgIpc) is 3.24. The Labute approximate surface area is 184 Å². The molecule has 2 aliphatic rings. The molecule has 0 radical (unpaired) electrons. The van der Waals surface area contributed by atoms with E-state index in [1.165, 1.54) is 0 Å². The van der Waals surface area contributed by atoms with Crippen molar-refractivity contribution < 1.29 is 14.2 Å². The van der Waals surface area contributed by atoms with Gasteiger partial charge in [-0.2, -0.15) is 5.10 Å². The smallest absolute Gasteiger partial charge is 0.213 e. The minimum atomic E-state index is -0.301. The summed E-state index contributed by atoms with van der Waals surface area (Å²) in [5.74, 6) is 2.55. The lowest BCUT2D eigenvalue weighted by Gasteiger charge is -2.38. The van der Waals surface area contributed by atoms with Crippen LogP contribution in [0.3, 0.4) is 0 Å². The van der Waals surface area contributed by atoms with Gasteiger partial charge >= 0.3 is 0 Å². The molecule has 0 saturated carbocycles. The molecular weight excluding hydrogens is 444 g/mol. The Morgan fingerprint density at radius 1 is 0.933 bits per heavy atom. The molecule has 0 saturated heterocycles. The summed E-state index contributed by atoms with van der Waals surface area (Å²) < 4.78 is 18.1. The topological polar surface area (TPSA) is 43.3 Å². The lowest BCUT2D eigenvalue weighted by molar-refractivity contribution is -0.0191. The van der Waals surface area contributed by atoms with Crippen molar-refractivity contribution in [3.8, 4) is 17.2 Å². The quantitative estimate of drug-likeness (QED) is 0.495. The molecule has 3 aromatic rings. The number of rotatable bonds is 4. The molecule has 0 amide bonds. The summed E-state index contributed by atoms with van der Waals surface area (Å²) in [5.41, 5.74) is 4.31. The summed E-state index contributed by atoms with van der Waals surface area (Å²) in [4.78, 5) is 0. The number of hydrogen-bond donors (Lipinski definition) is 0. The van der Waals surface area contributed by atoms with Crippen molar-refractivity contribution in [2.24, 2.45) is 5.10 Å². The molecule has 0 spiro atoms. The van der Waals surface area contributed by atoms with E-state index in [4.69, 9.17) is 19.3 Å². The predicted octanol–water partition coefficient (Wildman–Crippen LogP) is 5.71. The van der Waals surface area contributed by atoms with E-state index in [-0.39, 0.29) is 12.3 Å². The minimum Gasteiger partial charge on any atom is -0.497 e. The van der Waals surface area contributed by atoms with Crippen LogP contribution in [0.25, 0.3) is 0 Å². The summed E-state index contributed by atoms with van der Waals surface area (Å²) >= 11 is 3.60. The maximum atomic E-state index is 6.42. The standard InChI is InChI=1S/C24H21BrN2O3/c1-28-18-8-3-15(4-9-18)21-14-22-20-13-17(25)7-12-23(20)30-24(27(22)26-21)16-5-10-19(29-2)11-6-16/h3-13,22,24H,14H2,1-2H3/t22-,24+/m1/s1. The fourth-order valence-corrected chi connectivity index (χ4v) is 4.38. The van der Waals surface area contributed by atoms with Crippen LogP contribution in [-0.2, 0) is 0 Å². The van der Waals surface area contributed by atoms with Crippen LogP contribution in [0.2, 0.25) is 0 Å². The number of nitrogens with zero attached hydrogens (tertiary/aromatic N) is 2. The highest BCUT2D eigenvalue weighted by Gasteiger charge is 2.41. The van der Waals surface area contributed by atoms with Crippen molar-refractivity contribution >= 4 is 21.6 Å². The van der Waals surface area contributed by atoms with E-state index in [2.05, 4.69) is 39.1 Å². The highest BCUT2D eigenvalue weighted by molar-refractivity contribution is 9.10. The highest BCUT2D eigenvalue weighted by Crippen LogP contribution is 2.48. The third-order valence-corrected chi connectivity index (χ3v) is 6.07. The molecule has 0 aliphatic carbocycles. The summed E-state index contributed by atoms with van der Waals surface area (Å²) in [6.07, 6.45) is 0.511. The molecule has 0 unspecified atom stereocenters. The molecule has 0 bridgehead atoms. The zero-order valence-electron chi connectivity index (χ0n) is 16.7. The van der Waals surface area contributed by atoms with Crippen LogP contribution >= 0.6 is 15.9 Å². The molecule has 0 aromatic heterocycles. The first-order valence-electron chi connectivity index (χ1n) is 9.76. The maximum Gasteiger partial charge on any atom is 0.213 e. The first-order chi connectivity index (χ1) is 14.7. The maximum absolute atomic E-state index is 6.42. The van der Waals surface area contributed by atoms with Gasteiger partial charge in [0, 0.05) is 22.0 Å². The van der Waals surface area contributed by atoms with Gasteiger partial charge in [0.15, 0.2) is 0 Å². The molecule has 30 heavy (non-hydrogen) atoms. The Kier molecular flexibility index (Phi) is 4.87. The van der Waals surface area contributed by atoms with Gasteiger partial charge in [-0.25, -0.2) is 5.01 Å². The first kappa shape index (κ1) is 19.0. The second-order valence-corrected chi connectivity index (χ2v) is 8.22. The van der Waals surface area contributed by atoms with E-state index < -0.39 is 0 Å². The van der Waals surface area contributed by atoms with Gasteiger partial charge in [-0.1, -0.05) is 15.9 Å². The Morgan fingerprint density at radius 2 is 1.60 bits per heavy atom. The minimum absolute atomic E-state index is 0.107. The van der Waals surface area contributed by atoms with Gasteiger partial charge in [0.1, 0.15) is 17.2 Å². The number of fused-ring (bicyclic) bond motifs is 3. The van der Waals surface area contributed by atoms with Crippen LogP contribution in [-0.4, -0.2) is 24.9 Å². The van der Waals surface area contributed by atoms with Gasteiger partial charge in [-0.05, 0) is 72.3 Å². The Hall–Kier alpha value is -2.99. The molecular formula is C24H21BrN2O3. The van der Waals surface area contributed by atoms with E-state index in [0.717, 1.165) is 50.5 Å². The third-order valence-electron chi connectivity index (χ3n) is 5.58. The summed E-state index contributed by atoms with van der Waals surface area (Å²) in [6.45, 7) is 0. The third kappa shape index (κ3) is 3.31. The van der Waals surface area contributed by atoms with Crippen molar-refractivity contribution in [3.63, 3.8) is 0 Å². The summed E-state index contributed by atoms with van der Waals surface area (Å²) in [7, 11) is 3.34. The van der Waals surface area contributed by atoms with E-state index in [1.807, 2.05) is 48.5 Å². The Balaban J connectivity index is 1.56. The van der Waals surface area contributed by atoms with E-state index in [0.29, 0.717) is 0 Å². The molecule has 2 heterocycles. The molecule has 152 valence electrons. The lowest BCUT2D eigenvalue weighted by Crippen LogP contribution is -2.33. The normalized spacial score (nSPS) is 19.4. The summed E-state index contributed by atoms with van der Waals surface area (Å²) in [6, 6.07) is 22.3. The number of hydrogen-bond acceptors (Lipinski definition) is 5. The van der Waals surface area contributed by atoms with E-state index >= 15 is 0 Å². The van der Waals surface area contributed by atoms with Crippen LogP contribution in [0, 0.1) is 0 Å². The largest absolute Gasteiger partial charge is 0.497 e. The fraction of sp³-hybridized carbons (Fsp3) is 0.208. The zero-order chi connectivity index (χ0) is 20.7. The van der Waals surface area contributed by atoms with Gasteiger partial charge in [0.2, 0.25) is 6.23 Å². The SMILES string of the molecule is COc1ccc(C2=NN3[C@H](C2)c2cc(Br)ccc2O[C@H]3c2ccc(OC)cc2)cc1. The van der Waals surface area contributed by atoms with Crippen LogP contribution in [0.1, 0.15) is 35.4 Å². The van der Waals surface area contributed by atoms with Crippen molar-refractivity contribution in [2.75, 3.05) is 14.2 Å². The molecule has 3 aromatic carbocycles. The zero-order valence-corrected chi connectivity index (χ0v) is 18.3. The lowest BCUT2D eigenvalue weighted by atomic mass is 9.96. The molecule has 2 atom stereocenters. The molecule has 0 N–H and O–H groups in total. The summed E-state index contributed by atoms with van der Waals surface area (Å²) in [5, 5.41) is 7.08. The van der Waals surface area contributed by atoms with Crippen molar-refractivity contribution in [1.82, 2.24) is 5.01 Å². The van der Waals surface area contributed by atoms with Gasteiger partial charge in [-0.15, -0.1) is 0 Å². The van der Waals surface area contributed by atoms with E-state index in [1.54, 1.807) is 14.2 Å². The van der Waals surface area contributed by atoms with E-state index in [9.17, 15) is 0 Å². The molecule has 6 heteroatoms. The number of halogens is 1. The first-order valence-corrected chi connectivity index (χ1v) is 10.6. The van der Waals surface area contributed by atoms with Crippen LogP contribution in [0.4, 0.5) is 0 Å². The Morgan fingerprint density at radius 3 is 2.27 bits per heavy atom. The average molecular weight is 465 g/mol. The van der Waals surface area contributed by atoms with Crippen molar-refractivity contribution in [2.45, 2.75) is 18.7 Å². The second-order valence-electron chi connectivity index (χ2n) is 7.30. The Bertz CT molecular complexity index is 1100. The number of hydrazone groups is 1.